The summed E-state index contributed by atoms with van der Waals surface area (Å²) in [6.45, 7) is 2.18. The van der Waals surface area contributed by atoms with Gasteiger partial charge < -0.3 is 4.90 Å². The van der Waals surface area contributed by atoms with Crippen LogP contribution in [0.2, 0.25) is 0 Å². The van der Waals surface area contributed by atoms with Gasteiger partial charge in [0.15, 0.2) is 0 Å². The average molecular weight is 476 g/mol. The lowest BCUT2D eigenvalue weighted by molar-refractivity contribution is -0.384. The van der Waals surface area contributed by atoms with E-state index in [1.807, 2.05) is 0 Å². The lowest BCUT2D eigenvalue weighted by Gasteiger charge is -2.35. The van der Waals surface area contributed by atoms with E-state index in [1.54, 1.807) is 11.8 Å². The van der Waals surface area contributed by atoms with Gasteiger partial charge in [-0.25, -0.2) is 12.8 Å². The minimum atomic E-state index is -3.82. The molecule has 1 atom stereocenters. The van der Waals surface area contributed by atoms with Gasteiger partial charge in [-0.15, -0.1) is 0 Å². The van der Waals surface area contributed by atoms with Gasteiger partial charge in [0, 0.05) is 44.6 Å². The third-order valence-electron chi connectivity index (χ3n) is 5.82. The Morgan fingerprint density at radius 1 is 1.03 bits per heavy atom. The van der Waals surface area contributed by atoms with E-state index in [9.17, 15) is 32.5 Å². The molecule has 0 radical (unpaired) electrons. The standard InChI is InChI=1S/C21H21FN4O6S/c1-14-12-20(27)25(21(14)28)16-4-7-18(19(13-16)26(29)30)23-8-10-24(11-9-23)33(31,32)17-5-2-15(22)3-6-17/h2-7,13-14H,8-12H2,1H3. The van der Waals surface area contributed by atoms with E-state index in [0.29, 0.717) is 0 Å². The lowest BCUT2D eigenvalue weighted by atomic mass is 10.1. The smallest absolute Gasteiger partial charge is 0.294 e. The highest BCUT2D eigenvalue weighted by Gasteiger charge is 2.38. The van der Waals surface area contributed by atoms with E-state index in [1.165, 1.54) is 34.6 Å². The molecule has 2 aromatic carbocycles. The van der Waals surface area contributed by atoms with Crippen molar-refractivity contribution in [2.45, 2.75) is 18.2 Å². The Kier molecular flexibility index (Phi) is 5.89. The number of nitro groups is 1. The predicted molar refractivity (Wildman–Crippen MR) is 117 cm³/mol. The van der Waals surface area contributed by atoms with Crippen LogP contribution in [-0.4, -0.2) is 55.6 Å². The summed E-state index contributed by atoms with van der Waals surface area (Å²) in [5.41, 5.74) is 0.138. The van der Waals surface area contributed by atoms with Crippen molar-refractivity contribution in [2.24, 2.45) is 5.92 Å². The number of nitro benzene ring substituents is 1. The minimum absolute atomic E-state index is 0.0261. The van der Waals surface area contributed by atoms with Crippen molar-refractivity contribution < 1.29 is 27.3 Å². The molecule has 2 aromatic rings. The summed E-state index contributed by atoms with van der Waals surface area (Å²) in [6.07, 6.45) is 0.0544. The fraction of sp³-hybridized carbons (Fsp3) is 0.333. The molecule has 0 N–H and O–H groups in total. The van der Waals surface area contributed by atoms with Gasteiger partial charge in [-0.3, -0.25) is 24.6 Å². The number of sulfonamides is 1. The number of hydrogen-bond donors (Lipinski definition) is 0. The Morgan fingerprint density at radius 3 is 2.21 bits per heavy atom. The molecule has 2 heterocycles. The predicted octanol–water partition coefficient (Wildman–Crippen LogP) is 2.14. The number of anilines is 2. The van der Waals surface area contributed by atoms with Crippen molar-refractivity contribution >= 4 is 38.9 Å². The summed E-state index contributed by atoms with van der Waals surface area (Å²) in [5, 5.41) is 11.7. The number of hydrogen-bond acceptors (Lipinski definition) is 7. The zero-order chi connectivity index (χ0) is 23.9. The fourth-order valence-corrected chi connectivity index (χ4v) is 5.47. The largest absolute Gasteiger partial charge is 0.363 e. The van der Waals surface area contributed by atoms with Crippen LogP contribution < -0.4 is 9.80 Å². The van der Waals surface area contributed by atoms with Crippen LogP contribution in [0.3, 0.4) is 0 Å². The highest BCUT2D eigenvalue weighted by atomic mass is 32.2. The topological polar surface area (TPSA) is 121 Å². The quantitative estimate of drug-likeness (QED) is 0.368. The molecule has 0 spiro atoms. The number of carbonyl (C=O) groups is 2. The first-order valence-corrected chi connectivity index (χ1v) is 11.7. The Morgan fingerprint density at radius 2 is 1.67 bits per heavy atom. The molecule has 0 saturated carbocycles. The number of amides is 2. The van der Waals surface area contributed by atoms with Crippen molar-refractivity contribution in [3.8, 4) is 0 Å². The van der Waals surface area contributed by atoms with Gasteiger partial charge in [0.05, 0.1) is 15.5 Å². The van der Waals surface area contributed by atoms with Gasteiger partial charge in [0.1, 0.15) is 11.5 Å². The molecular weight excluding hydrogens is 455 g/mol. The summed E-state index contributed by atoms with van der Waals surface area (Å²) in [6, 6.07) is 8.70. The average Bonchev–Trinajstić information content (AvgIpc) is 3.05. The molecule has 12 heteroatoms. The van der Waals surface area contributed by atoms with Crippen LogP contribution in [0, 0.1) is 21.8 Å². The van der Waals surface area contributed by atoms with Gasteiger partial charge in [-0.2, -0.15) is 4.31 Å². The molecule has 2 aliphatic heterocycles. The van der Waals surface area contributed by atoms with Gasteiger partial charge >= 0.3 is 0 Å². The summed E-state index contributed by atoms with van der Waals surface area (Å²) in [4.78, 5) is 38.3. The van der Waals surface area contributed by atoms with E-state index < -0.39 is 38.5 Å². The van der Waals surface area contributed by atoms with Gasteiger partial charge in [0.2, 0.25) is 21.8 Å². The number of halogens is 1. The van der Waals surface area contributed by atoms with Gasteiger partial charge in [-0.05, 0) is 36.4 Å². The zero-order valence-electron chi connectivity index (χ0n) is 17.7. The molecule has 0 bridgehead atoms. The van der Waals surface area contributed by atoms with Crippen LogP contribution in [0.4, 0.5) is 21.5 Å². The third kappa shape index (κ3) is 4.18. The van der Waals surface area contributed by atoms with Crippen LogP contribution in [-0.2, 0) is 19.6 Å². The zero-order valence-corrected chi connectivity index (χ0v) is 18.5. The molecule has 0 aliphatic carbocycles. The Labute approximate surface area is 189 Å². The van der Waals surface area contributed by atoms with Crippen LogP contribution in [0.15, 0.2) is 47.4 Å². The number of carbonyl (C=O) groups excluding carboxylic acids is 2. The molecule has 33 heavy (non-hydrogen) atoms. The molecule has 2 amide bonds. The molecule has 2 saturated heterocycles. The first-order valence-electron chi connectivity index (χ1n) is 10.3. The van der Waals surface area contributed by atoms with Gasteiger partial charge in [-0.1, -0.05) is 6.92 Å². The maximum atomic E-state index is 13.1. The normalized spacial score (nSPS) is 19.9. The molecule has 1 unspecified atom stereocenters. The molecule has 2 aliphatic rings. The molecule has 10 nitrogen and oxygen atoms in total. The number of nitrogens with zero attached hydrogens (tertiary/aromatic N) is 4. The van der Waals surface area contributed by atoms with E-state index in [0.717, 1.165) is 17.0 Å². The summed E-state index contributed by atoms with van der Waals surface area (Å²) >= 11 is 0. The molecule has 174 valence electrons. The second kappa shape index (κ2) is 8.52. The first-order chi connectivity index (χ1) is 15.6. The first kappa shape index (κ1) is 22.8. The van der Waals surface area contributed by atoms with Crippen LogP contribution >= 0.6 is 0 Å². The van der Waals surface area contributed by atoms with Crippen molar-refractivity contribution in [1.82, 2.24) is 4.31 Å². The maximum Gasteiger partial charge on any atom is 0.294 e. The number of rotatable bonds is 5. The van der Waals surface area contributed by atoms with Crippen molar-refractivity contribution in [1.29, 1.82) is 0 Å². The highest BCUT2D eigenvalue weighted by molar-refractivity contribution is 7.89. The Bertz CT molecular complexity index is 1230. The van der Waals surface area contributed by atoms with Crippen LogP contribution in [0.5, 0.6) is 0 Å². The van der Waals surface area contributed by atoms with E-state index in [-0.39, 0.29) is 54.6 Å². The Balaban J connectivity index is 1.54. The molecule has 2 fully saturated rings. The molecule has 4 rings (SSSR count). The van der Waals surface area contributed by atoms with Crippen molar-refractivity contribution in [3.63, 3.8) is 0 Å². The fourth-order valence-electron chi connectivity index (χ4n) is 4.04. The van der Waals surface area contributed by atoms with Crippen molar-refractivity contribution in [3.05, 3.63) is 58.4 Å². The second-order valence-corrected chi connectivity index (χ2v) is 9.89. The minimum Gasteiger partial charge on any atom is -0.363 e. The summed E-state index contributed by atoms with van der Waals surface area (Å²) < 4.78 is 40.0. The third-order valence-corrected chi connectivity index (χ3v) is 7.73. The Hall–Kier alpha value is -3.38. The van der Waals surface area contributed by atoms with Crippen LogP contribution in [0.1, 0.15) is 13.3 Å². The van der Waals surface area contributed by atoms with Crippen molar-refractivity contribution in [2.75, 3.05) is 36.0 Å². The number of imide groups is 1. The molecular formula is C21H21FN4O6S. The highest BCUT2D eigenvalue weighted by Crippen LogP contribution is 2.36. The summed E-state index contributed by atoms with van der Waals surface area (Å²) in [5.74, 6) is -1.83. The number of piperazine rings is 1. The molecule has 0 aromatic heterocycles. The van der Waals surface area contributed by atoms with Gasteiger partial charge in [0.25, 0.3) is 5.69 Å². The SMILES string of the molecule is CC1CC(=O)N(c2ccc(N3CCN(S(=O)(=O)c4ccc(F)cc4)CC3)c([N+](=O)[O-])c2)C1=O. The van der Waals surface area contributed by atoms with E-state index in [4.69, 9.17) is 0 Å². The van der Waals surface area contributed by atoms with E-state index in [2.05, 4.69) is 0 Å². The van der Waals surface area contributed by atoms with Crippen LogP contribution in [0.25, 0.3) is 0 Å². The second-order valence-electron chi connectivity index (χ2n) is 7.95. The summed E-state index contributed by atoms with van der Waals surface area (Å²) in [7, 11) is -3.82. The monoisotopic (exact) mass is 476 g/mol. The number of benzene rings is 2. The lowest BCUT2D eigenvalue weighted by Crippen LogP contribution is -2.48. The van der Waals surface area contributed by atoms with E-state index >= 15 is 0 Å². The maximum absolute atomic E-state index is 13.1.